The van der Waals surface area contributed by atoms with Crippen LogP contribution in [0.1, 0.15) is 5.56 Å². The Kier molecular flexibility index (Phi) is 2.85. The first-order valence-electron chi connectivity index (χ1n) is 4.95. The van der Waals surface area contributed by atoms with Crippen LogP contribution in [0.5, 0.6) is 0 Å². The number of anilines is 1. The van der Waals surface area contributed by atoms with Gasteiger partial charge in [-0.15, -0.1) is 0 Å². The molecule has 0 aliphatic heterocycles. The van der Waals surface area contributed by atoms with E-state index in [1.807, 2.05) is 25.2 Å². The predicted octanol–water partition coefficient (Wildman–Crippen LogP) is 1.59. The minimum Gasteiger partial charge on any atom is -0.370 e. The second-order valence-electron chi connectivity index (χ2n) is 3.72. The summed E-state index contributed by atoms with van der Waals surface area (Å²) < 4.78 is 14.7. The lowest BCUT2D eigenvalue weighted by atomic mass is 10.3. The molecule has 0 aliphatic rings. The zero-order valence-corrected chi connectivity index (χ0v) is 9.26. The molecule has 5 heteroatoms. The number of aryl methyl sites for hydroxylation is 1. The van der Waals surface area contributed by atoms with E-state index in [0.717, 1.165) is 11.3 Å². The maximum Gasteiger partial charge on any atom is 0.214 e. The van der Waals surface area contributed by atoms with Gasteiger partial charge in [-0.05, 0) is 6.07 Å². The fourth-order valence-electron chi connectivity index (χ4n) is 1.55. The van der Waals surface area contributed by atoms with Crippen LogP contribution >= 0.6 is 0 Å². The summed E-state index contributed by atoms with van der Waals surface area (Å²) in [6.45, 7) is 0.692. The van der Waals surface area contributed by atoms with Crippen LogP contribution in [-0.2, 0) is 13.6 Å². The second-order valence-corrected chi connectivity index (χ2v) is 3.72. The topological polar surface area (TPSA) is 34.0 Å². The molecule has 0 aliphatic carbocycles. The van der Waals surface area contributed by atoms with Gasteiger partial charge in [0.1, 0.15) is 0 Å². The Morgan fingerprint density at radius 1 is 1.50 bits per heavy atom. The number of aromatic nitrogens is 3. The SMILES string of the molecule is CN(Cc1cnn(C)c1)c1ccnc(F)c1. The summed E-state index contributed by atoms with van der Waals surface area (Å²) in [5.41, 5.74) is 1.89. The summed E-state index contributed by atoms with van der Waals surface area (Å²) in [5.74, 6) is -0.462. The maximum atomic E-state index is 12.9. The van der Waals surface area contributed by atoms with Gasteiger partial charge in [-0.1, -0.05) is 0 Å². The van der Waals surface area contributed by atoms with Crippen molar-refractivity contribution < 1.29 is 4.39 Å². The first-order valence-corrected chi connectivity index (χ1v) is 4.95. The Balaban J connectivity index is 2.11. The molecule has 2 heterocycles. The molecule has 16 heavy (non-hydrogen) atoms. The fourth-order valence-corrected chi connectivity index (χ4v) is 1.55. The van der Waals surface area contributed by atoms with E-state index in [0.29, 0.717) is 6.54 Å². The van der Waals surface area contributed by atoms with Crippen LogP contribution in [-0.4, -0.2) is 21.8 Å². The molecular formula is C11H13FN4. The standard InChI is InChI=1S/C11H13FN4/c1-15(7-9-6-14-16(2)8-9)10-3-4-13-11(12)5-10/h3-6,8H,7H2,1-2H3. The molecule has 0 N–H and O–H groups in total. The molecule has 84 valence electrons. The van der Waals surface area contributed by atoms with Crippen molar-refractivity contribution >= 4 is 5.69 Å². The maximum absolute atomic E-state index is 12.9. The highest BCUT2D eigenvalue weighted by Crippen LogP contribution is 2.14. The quantitative estimate of drug-likeness (QED) is 0.737. The number of rotatable bonds is 3. The Morgan fingerprint density at radius 2 is 2.31 bits per heavy atom. The van der Waals surface area contributed by atoms with E-state index in [2.05, 4.69) is 10.1 Å². The summed E-state index contributed by atoms with van der Waals surface area (Å²) in [5, 5.41) is 4.08. The normalized spacial score (nSPS) is 10.4. The summed E-state index contributed by atoms with van der Waals surface area (Å²) in [4.78, 5) is 5.47. The number of nitrogens with zero attached hydrogens (tertiary/aromatic N) is 4. The van der Waals surface area contributed by atoms with Crippen molar-refractivity contribution in [2.45, 2.75) is 6.54 Å². The fraction of sp³-hybridized carbons (Fsp3) is 0.273. The zero-order valence-electron chi connectivity index (χ0n) is 9.26. The molecule has 0 saturated heterocycles. The molecule has 2 rings (SSSR count). The molecule has 0 amide bonds. The van der Waals surface area contributed by atoms with E-state index in [4.69, 9.17) is 0 Å². The molecule has 0 atom stereocenters. The van der Waals surface area contributed by atoms with Crippen molar-refractivity contribution in [3.8, 4) is 0 Å². The van der Waals surface area contributed by atoms with Crippen LogP contribution in [0.3, 0.4) is 0 Å². The average Bonchev–Trinajstić information content (AvgIpc) is 2.64. The van der Waals surface area contributed by atoms with Crippen molar-refractivity contribution in [3.63, 3.8) is 0 Å². The van der Waals surface area contributed by atoms with Gasteiger partial charge < -0.3 is 4.90 Å². The van der Waals surface area contributed by atoms with E-state index in [9.17, 15) is 4.39 Å². The highest BCUT2D eigenvalue weighted by atomic mass is 19.1. The van der Waals surface area contributed by atoms with Gasteiger partial charge >= 0.3 is 0 Å². The zero-order chi connectivity index (χ0) is 11.5. The van der Waals surface area contributed by atoms with Crippen molar-refractivity contribution in [2.24, 2.45) is 7.05 Å². The van der Waals surface area contributed by atoms with Gasteiger partial charge in [-0.25, -0.2) is 4.98 Å². The molecule has 0 saturated carbocycles. The van der Waals surface area contributed by atoms with Gasteiger partial charge in [0.15, 0.2) is 0 Å². The lowest BCUT2D eigenvalue weighted by molar-refractivity contribution is 0.583. The number of hydrogen-bond donors (Lipinski definition) is 0. The first kappa shape index (κ1) is 10.6. The monoisotopic (exact) mass is 220 g/mol. The number of pyridine rings is 1. The third-order valence-electron chi connectivity index (χ3n) is 2.33. The van der Waals surface area contributed by atoms with Gasteiger partial charge in [0.2, 0.25) is 5.95 Å². The van der Waals surface area contributed by atoms with E-state index in [1.54, 1.807) is 16.9 Å². The van der Waals surface area contributed by atoms with Crippen LogP contribution in [0.15, 0.2) is 30.7 Å². The molecular weight excluding hydrogens is 207 g/mol. The molecule has 4 nitrogen and oxygen atoms in total. The van der Waals surface area contributed by atoms with E-state index in [-0.39, 0.29) is 0 Å². The molecule has 0 unspecified atom stereocenters. The Hall–Kier alpha value is -1.91. The van der Waals surface area contributed by atoms with Crippen molar-refractivity contribution in [1.82, 2.24) is 14.8 Å². The van der Waals surface area contributed by atoms with Crippen LogP contribution in [0.2, 0.25) is 0 Å². The van der Waals surface area contributed by atoms with E-state index < -0.39 is 5.95 Å². The minimum absolute atomic E-state index is 0.462. The lowest BCUT2D eigenvalue weighted by Gasteiger charge is -2.17. The summed E-state index contributed by atoms with van der Waals surface area (Å²) in [7, 11) is 3.78. The Labute approximate surface area is 93.3 Å². The molecule has 0 spiro atoms. The largest absolute Gasteiger partial charge is 0.370 e. The van der Waals surface area contributed by atoms with Gasteiger partial charge in [-0.3, -0.25) is 4.68 Å². The van der Waals surface area contributed by atoms with E-state index in [1.165, 1.54) is 12.3 Å². The highest BCUT2D eigenvalue weighted by Gasteiger charge is 2.04. The summed E-state index contributed by atoms with van der Waals surface area (Å²) >= 11 is 0. The lowest BCUT2D eigenvalue weighted by Crippen LogP contribution is -2.16. The number of halogens is 1. The van der Waals surface area contributed by atoms with Crippen molar-refractivity contribution in [1.29, 1.82) is 0 Å². The Morgan fingerprint density at radius 3 is 2.94 bits per heavy atom. The second kappa shape index (κ2) is 4.30. The molecule has 0 bridgehead atoms. The smallest absolute Gasteiger partial charge is 0.214 e. The predicted molar refractivity (Wildman–Crippen MR) is 59.5 cm³/mol. The summed E-state index contributed by atoms with van der Waals surface area (Å²) in [6, 6.07) is 3.19. The average molecular weight is 220 g/mol. The Bertz CT molecular complexity index is 480. The highest BCUT2D eigenvalue weighted by molar-refractivity contribution is 5.44. The molecule has 0 radical (unpaired) electrons. The van der Waals surface area contributed by atoms with Crippen LogP contribution in [0, 0.1) is 5.95 Å². The molecule has 0 fully saturated rings. The van der Waals surface area contributed by atoms with Crippen molar-refractivity contribution in [3.05, 3.63) is 42.2 Å². The van der Waals surface area contributed by atoms with Gasteiger partial charge in [0.25, 0.3) is 0 Å². The minimum atomic E-state index is -0.462. The first-order chi connectivity index (χ1) is 7.65. The van der Waals surface area contributed by atoms with E-state index >= 15 is 0 Å². The molecule has 2 aromatic heterocycles. The van der Waals surface area contributed by atoms with Crippen molar-refractivity contribution in [2.75, 3.05) is 11.9 Å². The van der Waals surface area contributed by atoms with Crippen LogP contribution < -0.4 is 4.90 Å². The van der Waals surface area contributed by atoms with Crippen LogP contribution in [0.25, 0.3) is 0 Å². The third kappa shape index (κ3) is 2.36. The molecule has 2 aromatic rings. The summed E-state index contributed by atoms with van der Waals surface area (Å²) in [6.07, 6.45) is 5.20. The van der Waals surface area contributed by atoms with Gasteiger partial charge in [0.05, 0.1) is 6.20 Å². The van der Waals surface area contributed by atoms with Gasteiger partial charge in [-0.2, -0.15) is 9.49 Å². The van der Waals surface area contributed by atoms with Gasteiger partial charge in [0, 0.05) is 50.4 Å². The number of hydrogen-bond acceptors (Lipinski definition) is 3. The van der Waals surface area contributed by atoms with Crippen LogP contribution in [0.4, 0.5) is 10.1 Å². The third-order valence-corrected chi connectivity index (χ3v) is 2.33. The molecule has 0 aromatic carbocycles.